The summed E-state index contributed by atoms with van der Waals surface area (Å²) >= 11 is 12.2. The summed E-state index contributed by atoms with van der Waals surface area (Å²) in [6, 6.07) is 2.08. The predicted molar refractivity (Wildman–Crippen MR) is 75.9 cm³/mol. The fourth-order valence-electron chi connectivity index (χ4n) is 1.89. The Hall–Kier alpha value is -0.710. The first-order valence-corrected chi connectivity index (χ1v) is 6.90. The highest BCUT2D eigenvalue weighted by atomic mass is 35.5. The first-order valence-electron chi connectivity index (χ1n) is 6.15. The quantitative estimate of drug-likeness (QED) is 0.892. The van der Waals surface area contributed by atoms with Gasteiger partial charge in [-0.1, -0.05) is 23.2 Å². The van der Waals surface area contributed by atoms with Gasteiger partial charge in [0.15, 0.2) is 0 Å². The van der Waals surface area contributed by atoms with Crippen molar-refractivity contribution in [2.24, 2.45) is 0 Å². The van der Waals surface area contributed by atoms with Crippen LogP contribution in [-0.4, -0.2) is 30.8 Å². The van der Waals surface area contributed by atoms with E-state index < -0.39 is 0 Å². The van der Waals surface area contributed by atoms with E-state index in [0.29, 0.717) is 27.7 Å². The highest BCUT2D eigenvalue weighted by Gasteiger charge is 2.16. The smallest absolute Gasteiger partial charge is 0.147 e. The Kier molecular flexibility index (Phi) is 4.92. The molecule has 1 aliphatic rings. The third-order valence-corrected chi connectivity index (χ3v) is 3.41. The Balaban J connectivity index is 2.12. The number of hydrogen-bond donors (Lipinski definition) is 2. The summed E-state index contributed by atoms with van der Waals surface area (Å²) in [5, 5.41) is 7.56. The molecule has 0 amide bonds. The molecule has 1 aliphatic heterocycles. The van der Waals surface area contributed by atoms with Gasteiger partial charge in [0, 0.05) is 25.8 Å². The molecule has 0 bridgehead atoms. The maximum Gasteiger partial charge on any atom is 0.147 e. The van der Waals surface area contributed by atoms with Gasteiger partial charge in [0.05, 0.1) is 10.0 Å². The van der Waals surface area contributed by atoms with Crippen molar-refractivity contribution in [3.05, 3.63) is 16.1 Å². The monoisotopic (exact) mass is 289 g/mol. The highest BCUT2D eigenvalue weighted by molar-refractivity contribution is 6.37. The van der Waals surface area contributed by atoms with Gasteiger partial charge in [-0.2, -0.15) is 0 Å². The number of rotatable bonds is 4. The third-order valence-electron chi connectivity index (χ3n) is 2.84. The van der Waals surface area contributed by atoms with Crippen LogP contribution in [0.3, 0.4) is 0 Å². The van der Waals surface area contributed by atoms with E-state index in [0.717, 1.165) is 32.6 Å². The lowest BCUT2D eigenvalue weighted by Gasteiger charge is -2.24. The van der Waals surface area contributed by atoms with E-state index in [-0.39, 0.29) is 0 Å². The number of pyridine rings is 1. The summed E-state index contributed by atoms with van der Waals surface area (Å²) in [5.74, 6) is 1.35. The Morgan fingerprint density at radius 1 is 1.28 bits per heavy atom. The maximum absolute atomic E-state index is 6.15. The number of hydrogen-bond acceptors (Lipinski definition) is 4. The van der Waals surface area contributed by atoms with Crippen LogP contribution in [0.1, 0.15) is 19.8 Å². The van der Waals surface area contributed by atoms with Gasteiger partial charge in [0.1, 0.15) is 11.6 Å². The van der Waals surface area contributed by atoms with Gasteiger partial charge in [-0.25, -0.2) is 4.98 Å². The molecule has 1 fully saturated rings. The topological polar surface area (TPSA) is 46.2 Å². The molecule has 1 saturated heterocycles. The van der Waals surface area contributed by atoms with Gasteiger partial charge < -0.3 is 15.4 Å². The standard InChI is InChI=1S/C12H17Cl2N3O/c1-2-15-11-9(13)7-10(14)12(17-11)16-8-3-5-18-6-4-8/h7-8H,2-6H2,1H3,(H2,15,16,17). The second-order valence-electron chi connectivity index (χ2n) is 4.21. The van der Waals surface area contributed by atoms with Crippen molar-refractivity contribution in [3.8, 4) is 0 Å². The normalized spacial score (nSPS) is 16.6. The van der Waals surface area contributed by atoms with Gasteiger partial charge >= 0.3 is 0 Å². The van der Waals surface area contributed by atoms with Crippen molar-refractivity contribution < 1.29 is 4.74 Å². The molecular formula is C12H17Cl2N3O. The molecule has 0 aliphatic carbocycles. The average Bonchev–Trinajstić information content (AvgIpc) is 2.37. The SMILES string of the molecule is CCNc1nc(NC2CCOCC2)c(Cl)cc1Cl. The first-order chi connectivity index (χ1) is 8.70. The molecule has 2 rings (SSSR count). The molecule has 0 radical (unpaired) electrons. The second-order valence-corrected chi connectivity index (χ2v) is 5.02. The van der Waals surface area contributed by atoms with Crippen molar-refractivity contribution in [1.29, 1.82) is 0 Å². The number of aromatic nitrogens is 1. The van der Waals surface area contributed by atoms with Crippen LogP contribution in [0.25, 0.3) is 0 Å². The summed E-state index contributed by atoms with van der Waals surface area (Å²) < 4.78 is 5.32. The summed E-state index contributed by atoms with van der Waals surface area (Å²) in [6.45, 7) is 4.33. The molecule has 2 N–H and O–H groups in total. The zero-order valence-corrected chi connectivity index (χ0v) is 11.8. The summed E-state index contributed by atoms with van der Waals surface area (Å²) in [6.07, 6.45) is 1.94. The lowest BCUT2D eigenvalue weighted by atomic mass is 10.1. The number of nitrogens with zero attached hydrogens (tertiary/aromatic N) is 1. The predicted octanol–water partition coefficient (Wildman–Crippen LogP) is 3.41. The molecule has 1 aromatic heterocycles. The fourth-order valence-corrected chi connectivity index (χ4v) is 2.37. The molecule has 4 nitrogen and oxygen atoms in total. The molecule has 0 unspecified atom stereocenters. The van der Waals surface area contributed by atoms with E-state index >= 15 is 0 Å². The van der Waals surface area contributed by atoms with Crippen LogP contribution in [0.15, 0.2) is 6.07 Å². The molecule has 2 heterocycles. The number of halogens is 2. The van der Waals surface area contributed by atoms with E-state index in [9.17, 15) is 0 Å². The van der Waals surface area contributed by atoms with Crippen LogP contribution in [-0.2, 0) is 4.74 Å². The molecular weight excluding hydrogens is 273 g/mol. The molecule has 0 saturated carbocycles. The van der Waals surface area contributed by atoms with Gasteiger partial charge in [0.2, 0.25) is 0 Å². The fraction of sp³-hybridized carbons (Fsp3) is 0.583. The van der Waals surface area contributed by atoms with Gasteiger partial charge in [0.25, 0.3) is 0 Å². The van der Waals surface area contributed by atoms with E-state index in [2.05, 4.69) is 15.6 Å². The van der Waals surface area contributed by atoms with Crippen LogP contribution < -0.4 is 10.6 Å². The van der Waals surface area contributed by atoms with Crippen LogP contribution in [0.2, 0.25) is 10.0 Å². The molecule has 1 aromatic rings. The zero-order valence-electron chi connectivity index (χ0n) is 10.3. The molecule has 6 heteroatoms. The Morgan fingerprint density at radius 3 is 2.61 bits per heavy atom. The lowest BCUT2D eigenvalue weighted by molar-refractivity contribution is 0.0904. The van der Waals surface area contributed by atoms with Crippen LogP contribution in [0.5, 0.6) is 0 Å². The first kappa shape index (κ1) is 13.7. The van der Waals surface area contributed by atoms with Gasteiger partial charge in [-0.15, -0.1) is 0 Å². The molecule has 100 valence electrons. The van der Waals surface area contributed by atoms with Crippen molar-refractivity contribution in [3.63, 3.8) is 0 Å². The van der Waals surface area contributed by atoms with Crippen molar-refractivity contribution in [1.82, 2.24) is 4.98 Å². The third kappa shape index (κ3) is 3.40. The number of anilines is 2. The second kappa shape index (κ2) is 6.45. The number of nitrogens with one attached hydrogen (secondary N) is 2. The molecule has 18 heavy (non-hydrogen) atoms. The van der Waals surface area contributed by atoms with Crippen molar-refractivity contribution in [2.75, 3.05) is 30.4 Å². The van der Waals surface area contributed by atoms with Crippen LogP contribution >= 0.6 is 23.2 Å². The van der Waals surface area contributed by atoms with Gasteiger partial charge in [-0.05, 0) is 25.8 Å². The van der Waals surface area contributed by atoms with Crippen molar-refractivity contribution in [2.45, 2.75) is 25.8 Å². The average molecular weight is 290 g/mol. The Bertz CT molecular complexity index is 409. The van der Waals surface area contributed by atoms with E-state index in [1.165, 1.54) is 0 Å². The van der Waals surface area contributed by atoms with E-state index in [1.54, 1.807) is 6.07 Å². The maximum atomic E-state index is 6.15. The lowest BCUT2D eigenvalue weighted by Crippen LogP contribution is -2.28. The largest absolute Gasteiger partial charge is 0.381 e. The van der Waals surface area contributed by atoms with Crippen LogP contribution in [0.4, 0.5) is 11.6 Å². The Labute approximate surface area is 117 Å². The summed E-state index contributed by atoms with van der Waals surface area (Å²) in [5.41, 5.74) is 0. The summed E-state index contributed by atoms with van der Waals surface area (Å²) in [7, 11) is 0. The minimum absolute atomic E-state index is 0.361. The van der Waals surface area contributed by atoms with Gasteiger partial charge in [-0.3, -0.25) is 0 Å². The molecule has 0 spiro atoms. The minimum atomic E-state index is 0.361. The van der Waals surface area contributed by atoms with E-state index in [4.69, 9.17) is 27.9 Å². The van der Waals surface area contributed by atoms with Crippen molar-refractivity contribution >= 4 is 34.8 Å². The zero-order chi connectivity index (χ0) is 13.0. The molecule has 0 aromatic carbocycles. The highest BCUT2D eigenvalue weighted by Crippen LogP contribution is 2.30. The van der Waals surface area contributed by atoms with Crippen LogP contribution in [0, 0.1) is 0 Å². The van der Waals surface area contributed by atoms with E-state index in [1.807, 2.05) is 6.92 Å². The minimum Gasteiger partial charge on any atom is -0.381 e. The Morgan fingerprint density at radius 2 is 1.94 bits per heavy atom. The number of ether oxygens (including phenoxy) is 1. The molecule has 0 atom stereocenters. The summed E-state index contributed by atoms with van der Waals surface area (Å²) in [4.78, 5) is 4.43.